The highest BCUT2D eigenvalue weighted by molar-refractivity contribution is 6.36. The largest absolute Gasteiger partial charge is 0.506 e. The van der Waals surface area contributed by atoms with Crippen LogP contribution in [0.4, 0.5) is 0 Å². The molecule has 0 spiro atoms. The van der Waals surface area contributed by atoms with Gasteiger partial charge in [0.15, 0.2) is 0 Å². The van der Waals surface area contributed by atoms with Crippen molar-refractivity contribution in [3.05, 3.63) is 45.9 Å². The summed E-state index contributed by atoms with van der Waals surface area (Å²) in [5.74, 6) is -1.73. The zero-order chi connectivity index (χ0) is 16.0. The number of halogens is 2. The fourth-order valence-corrected chi connectivity index (χ4v) is 2.77. The number of benzene rings is 2. The maximum absolute atomic E-state index is 11.0. The van der Waals surface area contributed by atoms with Crippen LogP contribution in [0.15, 0.2) is 30.3 Å². The summed E-state index contributed by atoms with van der Waals surface area (Å²) < 4.78 is 0. The van der Waals surface area contributed by atoms with Crippen LogP contribution < -0.4 is 0 Å². The van der Waals surface area contributed by atoms with Crippen LogP contribution >= 0.6 is 23.2 Å². The average molecular weight is 338 g/mol. The van der Waals surface area contributed by atoms with Gasteiger partial charge in [0.25, 0.3) is 0 Å². The summed E-state index contributed by atoms with van der Waals surface area (Å²) in [5.41, 5.74) is 1.12. The number of phenols is 2. The second-order valence-corrected chi connectivity index (χ2v) is 5.54. The number of carboxylic acid groups (broad SMARTS) is 1. The Morgan fingerprint density at radius 3 is 2.45 bits per heavy atom. The summed E-state index contributed by atoms with van der Waals surface area (Å²) in [4.78, 5) is 14.0. The molecule has 0 fully saturated rings. The molecule has 7 heteroatoms. The minimum Gasteiger partial charge on any atom is -0.506 e. The van der Waals surface area contributed by atoms with Gasteiger partial charge in [0, 0.05) is 21.5 Å². The second kappa shape index (κ2) is 5.12. The van der Waals surface area contributed by atoms with Crippen molar-refractivity contribution in [1.29, 1.82) is 0 Å². The topological polar surface area (TPSA) is 93.5 Å². The Hall–Kier alpha value is -2.37. The third-order valence-electron chi connectivity index (χ3n) is 3.32. The van der Waals surface area contributed by atoms with Gasteiger partial charge in [-0.1, -0.05) is 23.2 Å². The van der Waals surface area contributed by atoms with Gasteiger partial charge < -0.3 is 20.3 Å². The van der Waals surface area contributed by atoms with Crippen molar-refractivity contribution in [3.63, 3.8) is 0 Å². The molecule has 5 nitrogen and oxygen atoms in total. The van der Waals surface area contributed by atoms with Gasteiger partial charge >= 0.3 is 5.97 Å². The smallest absolute Gasteiger partial charge is 0.339 e. The minimum atomic E-state index is -1.23. The predicted molar refractivity (Wildman–Crippen MR) is 84.0 cm³/mol. The molecule has 0 aliphatic rings. The standard InChI is InChI=1S/C15H9Cl2NO4/c16-6-3-8(14(20)10(17)4-6)12-5-9-11(18-12)2-1-7(13(9)19)15(21)22/h1-5,18-20H,(H,21,22). The number of rotatable bonds is 2. The summed E-state index contributed by atoms with van der Waals surface area (Å²) >= 11 is 11.8. The van der Waals surface area contributed by atoms with Crippen LogP contribution in [0.3, 0.4) is 0 Å². The van der Waals surface area contributed by atoms with Crippen molar-refractivity contribution in [1.82, 2.24) is 4.98 Å². The van der Waals surface area contributed by atoms with Crippen molar-refractivity contribution < 1.29 is 20.1 Å². The number of phenolic OH excluding ortho intramolecular Hbond substituents is 1. The minimum absolute atomic E-state index is 0.0941. The summed E-state index contributed by atoms with van der Waals surface area (Å²) in [5, 5.41) is 29.9. The molecule has 0 saturated heterocycles. The number of nitrogens with one attached hydrogen (secondary N) is 1. The molecule has 0 aliphatic carbocycles. The van der Waals surface area contributed by atoms with Crippen LogP contribution in [0.1, 0.15) is 10.4 Å². The molecule has 0 saturated carbocycles. The van der Waals surface area contributed by atoms with Crippen molar-refractivity contribution in [3.8, 4) is 22.8 Å². The number of H-pyrrole nitrogens is 1. The maximum Gasteiger partial charge on any atom is 0.339 e. The fraction of sp³-hybridized carbons (Fsp3) is 0. The fourth-order valence-electron chi connectivity index (χ4n) is 2.28. The van der Waals surface area contributed by atoms with Crippen molar-refractivity contribution in [2.45, 2.75) is 0 Å². The molecular formula is C15H9Cl2NO4. The van der Waals surface area contributed by atoms with E-state index < -0.39 is 5.97 Å². The summed E-state index contributed by atoms with van der Waals surface area (Å²) in [6, 6.07) is 7.28. The van der Waals surface area contributed by atoms with E-state index in [0.29, 0.717) is 27.2 Å². The first-order valence-electron chi connectivity index (χ1n) is 6.15. The molecule has 3 rings (SSSR count). The van der Waals surface area contributed by atoms with Crippen LogP contribution in [0.5, 0.6) is 11.5 Å². The van der Waals surface area contributed by atoms with E-state index in [9.17, 15) is 15.0 Å². The third-order valence-corrected chi connectivity index (χ3v) is 3.83. The molecule has 1 aromatic heterocycles. The van der Waals surface area contributed by atoms with E-state index in [1.165, 1.54) is 30.3 Å². The van der Waals surface area contributed by atoms with Gasteiger partial charge in [-0.05, 0) is 30.3 Å². The molecule has 22 heavy (non-hydrogen) atoms. The Labute approximate surface area is 134 Å². The summed E-state index contributed by atoms with van der Waals surface area (Å²) in [6.07, 6.45) is 0. The number of hydrogen-bond acceptors (Lipinski definition) is 3. The van der Waals surface area contributed by atoms with Crippen LogP contribution in [0.25, 0.3) is 22.2 Å². The molecule has 4 N–H and O–H groups in total. The SMILES string of the molecule is O=C(O)c1ccc2[nH]c(-c3cc(Cl)cc(Cl)c3O)cc2c1O. The molecule has 1 heterocycles. The van der Waals surface area contributed by atoms with Crippen LogP contribution in [-0.4, -0.2) is 26.3 Å². The molecule has 3 aromatic rings. The van der Waals surface area contributed by atoms with Crippen LogP contribution in [0.2, 0.25) is 10.0 Å². The van der Waals surface area contributed by atoms with Gasteiger partial charge in [-0.25, -0.2) is 4.79 Å². The summed E-state index contributed by atoms with van der Waals surface area (Å²) in [7, 11) is 0. The molecule has 112 valence electrons. The van der Waals surface area contributed by atoms with E-state index in [4.69, 9.17) is 28.3 Å². The van der Waals surface area contributed by atoms with Crippen molar-refractivity contribution >= 4 is 40.1 Å². The first kappa shape index (κ1) is 14.6. The highest BCUT2D eigenvalue weighted by Gasteiger charge is 2.17. The quantitative estimate of drug-likeness (QED) is 0.562. The monoisotopic (exact) mass is 337 g/mol. The van der Waals surface area contributed by atoms with E-state index in [1.807, 2.05) is 0 Å². The maximum atomic E-state index is 11.0. The first-order valence-corrected chi connectivity index (χ1v) is 6.90. The van der Waals surface area contributed by atoms with E-state index in [1.54, 1.807) is 0 Å². The molecular weight excluding hydrogens is 329 g/mol. The molecule has 0 atom stereocenters. The number of aromatic amines is 1. The highest BCUT2D eigenvalue weighted by atomic mass is 35.5. The average Bonchev–Trinajstić information content (AvgIpc) is 2.87. The number of aromatic carboxylic acids is 1. The van der Waals surface area contributed by atoms with Crippen LogP contribution in [-0.2, 0) is 0 Å². The third kappa shape index (κ3) is 2.24. The molecule has 2 aromatic carbocycles. The molecule has 0 amide bonds. The Bertz CT molecular complexity index is 918. The lowest BCUT2D eigenvalue weighted by molar-refractivity contribution is 0.0694. The lowest BCUT2D eigenvalue weighted by Crippen LogP contribution is -1.96. The van der Waals surface area contributed by atoms with Crippen molar-refractivity contribution in [2.24, 2.45) is 0 Å². The molecule has 0 unspecified atom stereocenters. The lowest BCUT2D eigenvalue weighted by Gasteiger charge is -2.05. The van der Waals surface area contributed by atoms with Crippen LogP contribution in [0, 0.1) is 0 Å². The van der Waals surface area contributed by atoms with Gasteiger partial charge in [-0.15, -0.1) is 0 Å². The predicted octanol–water partition coefficient (Wildman–Crippen LogP) is 4.25. The van der Waals surface area contributed by atoms with Gasteiger partial charge in [0.2, 0.25) is 0 Å². The Morgan fingerprint density at radius 2 is 1.77 bits per heavy atom. The molecule has 0 bridgehead atoms. The lowest BCUT2D eigenvalue weighted by atomic mass is 10.1. The van der Waals surface area contributed by atoms with E-state index >= 15 is 0 Å². The first-order chi connectivity index (χ1) is 10.4. The Kier molecular flexibility index (Phi) is 3.39. The highest BCUT2D eigenvalue weighted by Crippen LogP contribution is 2.40. The number of carboxylic acids is 1. The molecule has 0 radical (unpaired) electrons. The van der Waals surface area contributed by atoms with E-state index in [-0.39, 0.29) is 22.1 Å². The summed E-state index contributed by atoms with van der Waals surface area (Å²) in [6.45, 7) is 0. The number of fused-ring (bicyclic) bond motifs is 1. The van der Waals surface area contributed by atoms with E-state index in [0.717, 1.165) is 0 Å². The number of carbonyl (C=O) groups is 1. The van der Waals surface area contributed by atoms with E-state index in [2.05, 4.69) is 4.98 Å². The Morgan fingerprint density at radius 1 is 1.05 bits per heavy atom. The number of hydrogen-bond donors (Lipinski definition) is 4. The number of aromatic nitrogens is 1. The normalized spacial score (nSPS) is 11.0. The van der Waals surface area contributed by atoms with Gasteiger partial charge in [-0.2, -0.15) is 0 Å². The molecule has 0 aliphatic heterocycles. The van der Waals surface area contributed by atoms with Gasteiger partial charge in [0.05, 0.1) is 10.7 Å². The second-order valence-electron chi connectivity index (χ2n) is 4.69. The van der Waals surface area contributed by atoms with Gasteiger partial charge in [0.1, 0.15) is 17.1 Å². The zero-order valence-corrected chi connectivity index (χ0v) is 12.4. The van der Waals surface area contributed by atoms with Gasteiger partial charge in [-0.3, -0.25) is 0 Å². The Balaban J connectivity index is 2.26. The zero-order valence-electron chi connectivity index (χ0n) is 10.9. The van der Waals surface area contributed by atoms with Crippen molar-refractivity contribution in [2.75, 3.05) is 0 Å². The number of aromatic hydroxyl groups is 2.